The molecule has 1 fully saturated rings. The Morgan fingerprint density at radius 1 is 1.11 bits per heavy atom. The molecule has 27 heavy (non-hydrogen) atoms. The summed E-state index contributed by atoms with van der Waals surface area (Å²) in [6.45, 7) is 3.61. The molecule has 0 unspecified atom stereocenters. The molecule has 134 valence electrons. The van der Waals surface area contributed by atoms with Crippen molar-refractivity contribution in [2.75, 3.05) is 0 Å². The fourth-order valence-electron chi connectivity index (χ4n) is 3.99. The molecule has 0 bridgehead atoms. The summed E-state index contributed by atoms with van der Waals surface area (Å²) >= 11 is 0. The first-order valence-corrected chi connectivity index (χ1v) is 9.49. The molecule has 1 aliphatic heterocycles. The Labute approximate surface area is 158 Å². The van der Waals surface area contributed by atoms with E-state index in [4.69, 9.17) is 4.99 Å². The molecule has 0 amide bonds. The second-order valence-electron chi connectivity index (χ2n) is 7.48. The highest BCUT2D eigenvalue weighted by atomic mass is 16.1. The van der Waals surface area contributed by atoms with Crippen molar-refractivity contribution >= 4 is 11.5 Å². The Hall–Kier alpha value is -3.01. The Bertz CT molecular complexity index is 1070. The predicted molar refractivity (Wildman–Crippen MR) is 106 cm³/mol. The number of ketones is 1. The number of hydrogen-bond acceptors (Lipinski definition) is 3. The molecule has 0 spiro atoms. The average molecular weight is 355 g/mol. The summed E-state index contributed by atoms with van der Waals surface area (Å²) in [4.78, 5) is 21.6. The zero-order valence-corrected chi connectivity index (χ0v) is 15.5. The third kappa shape index (κ3) is 2.64. The fraction of sp³-hybridized carbons (Fsp3) is 0.261. The van der Waals surface area contributed by atoms with Crippen LogP contribution in [0.3, 0.4) is 0 Å². The number of imidazole rings is 1. The highest BCUT2D eigenvalue weighted by molar-refractivity contribution is 6.15. The number of carbonyl (C=O) groups excluding carboxylic acids is 1. The van der Waals surface area contributed by atoms with Crippen molar-refractivity contribution in [2.45, 2.75) is 38.6 Å². The largest absolute Gasteiger partial charge is 0.300 e. The first-order chi connectivity index (χ1) is 13.1. The monoisotopic (exact) mass is 355 g/mol. The molecule has 1 saturated carbocycles. The SMILES string of the molecule is CC(=O)c1ncn2c1[C@H](C)N=C(c1ccccc1)c1cc(C3CC3)ccc1-2. The quantitative estimate of drug-likeness (QED) is 0.630. The Morgan fingerprint density at radius 2 is 1.89 bits per heavy atom. The van der Waals surface area contributed by atoms with Gasteiger partial charge in [0.15, 0.2) is 5.78 Å². The van der Waals surface area contributed by atoms with Crippen LogP contribution in [-0.2, 0) is 0 Å². The summed E-state index contributed by atoms with van der Waals surface area (Å²) in [5.74, 6) is 0.646. The van der Waals surface area contributed by atoms with Gasteiger partial charge in [0.25, 0.3) is 0 Å². The third-order valence-corrected chi connectivity index (χ3v) is 5.49. The number of nitrogens with zero attached hydrogens (tertiary/aromatic N) is 3. The van der Waals surface area contributed by atoms with Gasteiger partial charge in [0.1, 0.15) is 12.0 Å². The minimum atomic E-state index is -0.154. The van der Waals surface area contributed by atoms with E-state index in [9.17, 15) is 4.79 Å². The summed E-state index contributed by atoms with van der Waals surface area (Å²) in [5.41, 5.74) is 7.00. The van der Waals surface area contributed by atoms with Gasteiger partial charge in [0.2, 0.25) is 0 Å². The normalized spacial score (nSPS) is 18.3. The topological polar surface area (TPSA) is 47.2 Å². The van der Waals surface area contributed by atoms with Gasteiger partial charge in [-0.1, -0.05) is 36.4 Å². The van der Waals surface area contributed by atoms with Crippen LogP contribution in [0.4, 0.5) is 0 Å². The van der Waals surface area contributed by atoms with Crippen molar-refractivity contribution in [3.8, 4) is 5.69 Å². The Kier molecular flexibility index (Phi) is 3.61. The van der Waals surface area contributed by atoms with Crippen LogP contribution in [0.5, 0.6) is 0 Å². The molecule has 5 rings (SSSR count). The van der Waals surface area contributed by atoms with Crippen LogP contribution in [0.2, 0.25) is 0 Å². The van der Waals surface area contributed by atoms with Crippen LogP contribution < -0.4 is 0 Å². The molecule has 2 aliphatic rings. The van der Waals surface area contributed by atoms with E-state index < -0.39 is 0 Å². The Morgan fingerprint density at radius 3 is 2.59 bits per heavy atom. The fourth-order valence-corrected chi connectivity index (χ4v) is 3.99. The maximum atomic E-state index is 12.1. The van der Waals surface area contributed by atoms with E-state index in [0.717, 1.165) is 28.2 Å². The lowest BCUT2D eigenvalue weighted by Crippen LogP contribution is -2.07. The second kappa shape index (κ2) is 6.02. The van der Waals surface area contributed by atoms with Crippen LogP contribution in [-0.4, -0.2) is 21.0 Å². The van der Waals surface area contributed by atoms with Gasteiger partial charge in [0, 0.05) is 18.1 Å². The molecule has 0 N–H and O–H groups in total. The molecular weight excluding hydrogens is 334 g/mol. The van der Waals surface area contributed by atoms with E-state index in [-0.39, 0.29) is 11.8 Å². The molecule has 0 saturated heterocycles. The number of aromatic nitrogens is 2. The minimum Gasteiger partial charge on any atom is -0.300 e. The predicted octanol–water partition coefficient (Wildman–Crippen LogP) is 4.86. The molecule has 1 aromatic heterocycles. The van der Waals surface area contributed by atoms with E-state index in [0.29, 0.717) is 11.6 Å². The van der Waals surface area contributed by atoms with Crippen molar-refractivity contribution in [1.82, 2.24) is 9.55 Å². The maximum absolute atomic E-state index is 12.1. The Balaban J connectivity index is 1.80. The molecule has 4 nitrogen and oxygen atoms in total. The zero-order chi connectivity index (χ0) is 18.5. The highest BCUT2D eigenvalue weighted by Gasteiger charge is 2.29. The lowest BCUT2D eigenvalue weighted by molar-refractivity contribution is 0.101. The van der Waals surface area contributed by atoms with Crippen molar-refractivity contribution in [2.24, 2.45) is 4.99 Å². The van der Waals surface area contributed by atoms with Gasteiger partial charge in [-0.15, -0.1) is 0 Å². The van der Waals surface area contributed by atoms with Crippen LogP contribution in [0.1, 0.15) is 71.5 Å². The molecule has 2 aromatic carbocycles. The van der Waals surface area contributed by atoms with E-state index in [2.05, 4.69) is 35.3 Å². The van der Waals surface area contributed by atoms with Gasteiger partial charge >= 0.3 is 0 Å². The van der Waals surface area contributed by atoms with E-state index in [1.165, 1.54) is 18.4 Å². The summed E-state index contributed by atoms with van der Waals surface area (Å²) in [6, 6.07) is 16.8. The summed E-state index contributed by atoms with van der Waals surface area (Å²) in [7, 11) is 0. The number of aliphatic imine (C=N–C) groups is 1. The molecule has 1 aliphatic carbocycles. The standard InChI is InChI=1S/C23H21N3O/c1-14-23-21(15(2)27)24-13-26(23)20-11-10-18(16-8-9-16)12-19(20)22(25-14)17-6-4-3-5-7-17/h3-7,10-14,16H,8-9H2,1-2H3/t14-/m0/s1. The van der Waals surface area contributed by atoms with Crippen molar-refractivity contribution < 1.29 is 4.79 Å². The van der Waals surface area contributed by atoms with Crippen LogP contribution in [0.15, 0.2) is 59.9 Å². The van der Waals surface area contributed by atoms with Crippen LogP contribution in [0.25, 0.3) is 5.69 Å². The van der Waals surface area contributed by atoms with Gasteiger partial charge in [-0.05, 0) is 43.4 Å². The summed E-state index contributed by atoms with van der Waals surface area (Å²) < 4.78 is 2.05. The van der Waals surface area contributed by atoms with Gasteiger partial charge < -0.3 is 0 Å². The first kappa shape index (κ1) is 16.2. The van der Waals surface area contributed by atoms with Crippen LogP contribution >= 0.6 is 0 Å². The molecule has 0 radical (unpaired) electrons. The maximum Gasteiger partial charge on any atom is 0.180 e. The van der Waals surface area contributed by atoms with Gasteiger partial charge in [-0.2, -0.15) is 0 Å². The number of benzene rings is 2. The van der Waals surface area contributed by atoms with Crippen LogP contribution in [0, 0.1) is 0 Å². The summed E-state index contributed by atoms with van der Waals surface area (Å²) in [6.07, 6.45) is 4.29. The molecule has 4 heteroatoms. The molecule has 3 aromatic rings. The van der Waals surface area contributed by atoms with Crippen molar-refractivity contribution in [3.63, 3.8) is 0 Å². The number of carbonyl (C=O) groups is 1. The molecule has 1 atom stereocenters. The van der Waals surface area contributed by atoms with Crippen molar-refractivity contribution in [1.29, 1.82) is 0 Å². The lowest BCUT2D eigenvalue weighted by atomic mass is 9.97. The molecule has 2 heterocycles. The third-order valence-electron chi connectivity index (χ3n) is 5.49. The average Bonchev–Trinajstić information content (AvgIpc) is 3.45. The van der Waals surface area contributed by atoms with Crippen molar-refractivity contribution in [3.05, 3.63) is 82.9 Å². The van der Waals surface area contributed by atoms with E-state index >= 15 is 0 Å². The van der Waals surface area contributed by atoms with Gasteiger partial charge in [-0.3, -0.25) is 14.4 Å². The molecular formula is C23H21N3O. The second-order valence-corrected chi connectivity index (χ2v) is 7.48. The minimum absolute atomic E-state index is 0.0230. The van der Waals surface area contributed by atoms with E-state index in [1.807, 2.05) is 29.7 Å². The lowest BCUT2D eigenvalue weighted by Gasteiger charge is -2.13. The smallest absolute Gasteiger partial charge is 0.180 e. The van der Waals surface area contributed by atoms with Gasteiger partial charge in [0.05, 0.1) is 23.1 Å². The number of Topliss-reactive ketones (excluding diaryl/α,β-unsaturated/α-hetero) is 1. The van der Waals surface area contributed by atoms with E-state index in [1.54, 1.807) is 13.3 Å². The zero-order valence-electron chi connectivity index (χ0n) is 15.5. The number of hydrogen-bond donors (Lipinski definition) is 0. The number of fused-ring (bicyclic) bond motifs is 3. The van der Waals surface area contributed by atoms with Gasteiger partial charge in [-0.25, -0.2) is 4.98 Å². The highest BCUT2D eigenvalue weighted by Crippen LogP contribution is 2.42. The number of rotatable bonds is 3. The first-order valence-electron chi connectivity index (χ1n) is 9.49. The summed E-state index contributed by atoms with van der Waals surface area (Å²) in [5, 5.41) is 0.